The molecule has 0 aliphatic heterocycles. The normalized spacial score (nSPS) is 11.0. The van der Waals surface area contributed by atoms with Crippen LogP contribution in [-0.4, -0.2) is 18.1 Å². The number of halogens is 4. The van der Waals surface area contributed by atoms with E-state index in [0.29, 0.717) is 3.57 Å². The van der Waals surface area contributed by atoms with Gasteiger partial charge in [-0.2, -0.15) is 18.4 Å². The molecule has 0 saturated heterocycles. The van der Waals surface area contributed by atoms with Gasteiger partial charge in [-0.15, -0.1) is 0 Å². The summed E-state index contributed by atoms with van der Waals surface area (Å²) in [6, 6.07) is 4.42. The minimum absolute atomic E-state index is 0.132. The summed E-state index contributed by atoms with van der Waals surface area (Å²) >= 11 is 1.51. The first-order valence-corrected chi connectivity index (χ1v) is 7.30. The molecule has 0 unspecified atom stereocenters. The van der Waals surface area contributed by atoms with Gasteiger partial charge >= 0.3 is 11.5 Å². The highest BCUT2D eigenvalue weighted by atomic mass is 127. The lowest BCUT2D eigenvalue weighted by molar-refractivity contribution is -0.142. The monoisotopic (exact) mass is 415 g/mol. The largest absolute Gasteiger partial charge is 0.466 e. The summed E-state index contributed by atoms with van der Waals surface area (Å²) in [5.74, 6) is -0.573. The van der Waals surface area contributed by atoms with Crippen LogP contribution < -0.4 is 0 Å². The van der Waals surface area contributed by atoms with Gasteiger partial charge < -0.3 is 4.74 Å². The van der Waals surface area contributed by atoms with Crippen molar-refractivity contribution in [1.82, 2.24) is 0 Å². The third-order valence-corrected chi connectivity index (χ3v) is 3.98. The van der Waals surface area contributed by atoms with Gasteiger partial charge in [-0.25, -0.2) is 0 Å². The van der Waals surface area contributed by atoms with Gasteiger partial charge in [0.15, 0.2) is 0 Å². The Bertz CT molecular complexity index is 555. The molecule has 20 heavy (non-hydrogen) atoms. The topological polar surface area (TPSA) is 50.1 Å². The predicted molar refractivity (Wildman–Crippen MR) is 76.1 cm³/mol. The number of hydrogen-bond acceptors (Lipinski definition) is 4. The summed E-state index contributed by atoms with van der Waals surface area (Å²) in [6.45, 7) is 1.80. The van der Waals surface area contributed by atoms with E-state index >= 15 is 0 Å². The fraction of sp³-hybridized carbons (Fsp3) is 0.333. The zero-order valence-corrected chi connectivity index (χ0v) is 13.2. The minimum atomic E-state index is -4.49. The minimum Gasteiger partial charge on any atom is -0.466 e. The Morgan fingerprint density at radius 2 is 2.15 bits per heavy atom. The van der Waals surface area contributed by atoms with Crippen molar-refractivity contribution in [3.63, 3.8) is 0 Å². The third-order valence-electron chi connectivity index (χ3n) is 2.18. The second-order valence-corrected chi connectivity index (χ2v) is 5.81. The van der Waals surface area contributed by atoms with Crippen molar-refractivity contribution < 1.29 is 22.7 Å². The maximum absolute atomic E-state index is 12.4. The predicted octanol–water partition coefficient (Wildman–Crippen LogP) is 3.88. The van der Waals surface area contributed by atoms with E-state index in [1.165, 1.54) is 12.1 Å². The molecule has 0 heterocycles. The van der Waals surface area contributed by atoms with Crippen LogP contribution in [-0.2, 0) is 16.0 Å². The number of esters is 1. The molecular weight excluding hydrogens is 406 g/mol. The molecule has 1 aromatic rings. The number of nitriles is 1. The fourth-order valence-corrected chi connectivity index (χ4v) is 2.76. The van der Waals surface area contributed by atoms with E-state index in [9.17, 15) is 18.0 Å². The smallest absolute Gasteiger partial charge is 0.446 e. The lowest BCUT2D eigenvalue weighted by Gasteiger charge is -2.12. The number of ether oxygens (including phenoxy) is 1. The van der Waals surface area contributed by atoms with Gasteiger partial charge in [-0.05, 0) is 59.0 Å². The van der Waals surface area contributed by atoms with Crippen LogP contribution in [0, 0.1) is 14.9 Å². The van der Waals surface area contributed by atoms with Gasteiger partial charge in [0, 0.05) is 8.47 Å². The van der Waals surface area contributed by atoms with Crippen molar-refractivity contribution in [1.29, 1.82) is 5.26 Å². The van der Waals surface area contributed by atoms with Crippen molar-refractivity contribution in [2.75, 3.05) is 6.61 Å². The zero-order chi connectivity index (χ0) is 15.3. The van der Waals surface area contributed by atoms with Crippen molar-refractivity contribution >= 4 is 40.3 Å². The molecule has 3 nitrogen and oxygen atoms in total. The van der Waals surface area contributed by atoms with E-state index in [1.54, 1.807) is 13.0 Å². The van der Waals surface area contributed by atoms with Gasteiger partial charge in [-0.1, -0.05) is 0 Å². The fourth-order valence-electron chi connectivity index (χ4n) is 1.46. The molecule has 0 radical (unpaired) electrons. The molecule has 0 saturated carbocycles. The van der Waals surface area contributed by atoms with Crippen LogP contribution in [0.3, 0.4) is 0 Å². The SMILES string of the molecule is CCOC(=O)Cc1c(I)ccc(SC(F)(F)F)c1C#N. The number of benzene rings is 1. The molecule has 1 rings (SSSR count). The van der Waals surface area contributed by atoms with Crippen LogP contribution in [0.25, 0.3) is 0 Å². The molecule has 0 atom stereocenters. The lowest BCUT2D eigenvalue weighted by atomic mass is 10.1. The van der Waals surface area contributed by atoms with Crippen molar-refractivity contribution in [3.8, 4) is 6.07 Å². The lowest BCUT2D eigenvalue weighted by Crippen LogP contribution is -2.11. The molecule has 108 valence electrons. The van der Waals surface area contributed by atoms with Gasteiger partial charge in [-0.3, -0.25) is 4.79 Å². The van der Waals surface area contributed by atoms with Crippen LogP contribution in [0.1, 0.15) is 18.1 Å². The van der Waals surface area contributed by atoms with Crippen LogP contribution in [0.15, 0.2) is 17.0 Å². The van der Waals surface area contributed by atoms with Gasteiger partial charge in [0.25, 0.3) is 0 Å². The molecule has 0 aromatic heterocycles. The quantitative estimate of drug-likeness (QED) is 0.426. The maximum atomic E-state index is 12.4. The average Bonchev–Trinajstić information content (AvgIpc) is 2.32. The number of hydrogen-bond donors (Lipinski definition) is 0. The number of nitrogens with zero attached hydrogens (tertiary/aromatic N) is 1. The molecule has 0 spiro atoms. The number of alkyl halides is 3. The Labute approximate surface area is 131 Å². The summed E-state index contributed by atoms with van der Waals surface area (Å²) in [4.78, 5) is 11.3. The Balaban J connectivity index is 3.19. The van der Waals surface area contributed by atoms with Crippen LogP contribution in [0.2, 0.25) is 0 Å². The standard InChI is InChI=1S/C12H9F3INO2S/c1-2-19-11(18)5-7-8(6-17)10(4-3-9(7)16)20-12(13,14)15/h3-4H,2,5H2,1H3. The Hall–Kier alpha value is -0.950. The molecule has 0 N–H and O–H groups in total. The number of rotatable bonds is 4. The summed E-state index contributed by atoms with van der Waals surface area (Å²) in [5, 5.41) is 9.08. The van der Waals surface area contributed by atoms with Gasteiger partial charge in [0.2, 0.25) is 0 Å². The molecule has 0 amide bonds. The summed E-state index contributed by atoms with van der Waals surface area (Å²) in [5.41, 5.74) is -4.35. The zero-order valence-electron chi connectivity index (χ0n) is 10.3. The molecule has 0 bridgehead atoms. The highest BCUT2D eigenvalue weighted by Crippen LogP contribution is 2.40. The second kappa shape index (κ2) is 7.17. The van der Waals surface area contributed by atoms with Crippen molar-refractivity contribution in [2.24, 2.45) is 0 Å². The van der Waals surface area contributed by atoms with E-state index in [0.717, 1.165) is 0 Å². The first-order valence-electron chi connectivity index (χ1n) is 5.41. The molecule has 0 aliphatic rings. The average molecular weight is 415 g/mol. The summed E-state index contributed by atoms with van der Waals surface area (Å²) < 4.78 is 42.6. The van der Waals surface area contributed by atoms with Crippen LogP contribution >= 0.6 is 34.4 Å². The Kier molecular flexibility index (Phi) is 6.13. The van der Waals surface area contributed by atoms with Crippen LogP contribution in [0.5, 0.6) is 0 Å². The van der Waals surface area contributed by atoms with Crippen molar-refractivity contribution in [2.45, 2.75) is 23.7 Å². The molecule has 8 heteroatoms. The van der Waals surface area contributed by atoms with Gasteiger partial charge in [0.05, 0.1) is 18.6 Å². The van der Waals surface area contributed by atoms with Crippen LogP contribution in [0.4, 0.5) is 13.2 Å². The summed E-state index contributed by atoms with van der Waals surface area (Å²) in [7, 11) is 0. The highest BCUT2D eigenvalue weighted by Gasteiger charge is 2.31. The first-order chi connectivity index (χ1) is 9.28. The van der Waals surface area contributed by atoms with E-state index < -0.39 is 11.5 Å². The molecule has 0 fully saturated rings. The third kappa shape index (κ3) is 4.86. The number of thioether (sulfide) groups is 1. The number of carbonyl (C=O) groups is 1. The van der Waals surface area contributed by atoms with E-state index in [-0.39, 0.29) is 40.8 Å². The Morgan fingerprint density at radius 3 is 2.65 bits per heavy atom. The number of carbonyl (C=O) groups excluding carboxylic acids is 1. The van der Waals surface area contributed by atoms with E-state index in [4.69, 9.17) is 10.00 Å². The second-order valence-electron chi connectivity index (χ2n) is 3.54. The molecular formula is C12H9F3INO2S. The van der Waals surface area contributed by atoms with E-state index in [2.05, 4.69) is 0 Å². The highest BCUT2D eigenvalue weighted by molar-refractivity contribution is 14.1. The molecule has 1 aromatic carbocycles. The van der Waals surface area contributed by atoms with Crippen molar-refractivity contribution in [3.05, 3.63) is 26.8 Å². The summed E-state index contributed by atoms with van der Waals surface area (Å²) in [6.07, 6.45) is -0.221. The van der Waals surface area contributed by atoms with Gasteiger partial charge in [0.1, 0.15) is 6.07 Å². The van der Waals surface area contributed by atoms with E-state index in [1.807, 2.05) is 22.6 Å². The molecule has 0 aliphatic carbocycles. The Morgan fingerprint density at radius 1 is 1.50 bits per heavy atom. The maximum Gasteiger partial charge on any atom is 0.446 e. The first kappa shape index (κ1) is 17.1.